The molecule has 3 N–H and O–H groups in total. The Morgan fingerprint density at radius 2 is 0.961 bits per heavy atom. The Hall–Kier alpha value is -1.40. The first-order valence-electron chi connectivity index (χ1n) is 22.4. The quantitative estimate of drug-likeness (QED) is 0.0332. The van der Waals surface area contributed by atoms with Crippen LogP contribution < -0.4 is 5.32 Å². The molecule has 302 valence electrons. The number of carbonyl (C=O) groups excluding carboxylic acids is 2. The predicted octanol–water partition coefficient (Wildman–Crippen LogP) is 12.6. The molecule has 0 aliphatic carbocycles. The molecule has 0 aromatic carbocycles. The van der Waals surface area contributed by atoms with Crippen molar-refractivity contribution < 1.29 is 24.5 Å². The molecule has 0 heterocycles. The highest BCUT2D eigenvalue weighted by atomic mass is 16.5. The summed E-state index contributed by atoms with van der Waals surface area (Å²) in [5.41, 5.74) is 0. The van der Waals surface area contributed by atoms with Crippen LogP contribution >= 0.6 is 0 Å². The molecule has 51 heavy (non-hydrogen) atoms. The number of carbonyl (C=O) groups is 2. The molecule has 6 nitrogen and oxygen atoms in total. The predicted molar refractivity (Wildman–Crippen MR) is 218 cm³/mol. The van der Waals surface area contributed by atoms with E-state index in [9.17, 15) is 19.8 Å². The monoisotopic (exact) mass is 722 g/mol. The van der Waals surface area contributed by atoms with E-state index in [0.717, 1.165) is 57.8 Å². The van der Waals surface area contributed by atoms with E-state index in [0.29, 0.717) is 19.3 Å². The van der Waals surface area contributed by atoms with Crippen LogP contribution in [0.3, 0.4) is 0 Å². The molecule has 0 spiro atoms. The van der Waals surface area contributed by atoms with Gasteiger partial charge in [0.25, 0.3) is 0 Å². The zero-order valence-corrected chi connectivity index (χ0v) is 34.3. The normalized spacial score (nSPS) is 13.4. The molecule has 0 rings (SSSR count). The van der Waals surface area contributed by atoms with Crippen molar-refractivity contribution in [3.8, 4) is 0 Å². The van der Waals surface area contributed by atoms with Gasteiger partial charge in [-0.25, -0.2) is 0 Å². The first kappa shape index (κ1) is 49.6. The second kappa shape index (κ2) is 39.8. The lowest BCUT2D eigenvalue weighted by molar-refractivity contribution is -0.151. The number of aliphatic hydroxyl groups is 2. The zero-order valence-electron chi connectivity index (χ0n) is 34.3. The topological polar surface area (TPSA) is 95.9 Å². The lowest BCUT2D eigenvalue weighted by Gasteiger charge is -2.24. The maximum Gasteiger partial charge on any atom is 0.306 e. The fourth-order valence-corrected chi connectivity index (χ4v) is 6.90. The average molecular weight is 722 g/mol. The molecule has 0 fully saturated rings. The summed E-state index contributed by atoms with van der Waals surface area (Å²) in [5, 5.41) is 23.6. The number of hydrogen-bond donors (Lipinski definition) is 3. The first-order valence-corrected chi connectivity index (χ1v) is 22.4. The van der Waals surface area contributed by atoms with Crippen LogP contribution in [0.15, 0.2) is 12.2 Å². The average Bonchev–Trinajstić information content (AvgIpc) is 3.12. The van der Waals surface area contributed by atoms with E-state index >= 15 is 0 Å². The number of nitrogens with one attached hydrogen (secondary N) is 1. The van der Waals surface area contributed by atoms with Crippen LogP contribution in [0.5, 0.6) is 0 Å². The Morgan fingerprint density at radius 3 is 1.43 bits per heavy atom. The van der Waals surface area contributed by atoms with Gasteiger partial charge in [-0.2, -0.15) is 0 Å². The Balaban J connectivity index is 4.61. The van der Waals surface area contributed by atoms with Gasteiger partial charge in [-0.3, -0.25) is 9.59 Å². The molecule has 0 bridgehead atoms. The summed E-state index contributed by atoms with van der Waals surface area (Å²) in [6, 6.07) is -0.700. The molecule has 0 aliphatic rings. The van der Waals surface area contributed by atoms with Crippen molar-refractivity contribution in [2.75, 3.05) is 6.61 Å². The number of rotatable bonds is 40. The number of hydrogen-bond acceptors (Lipinski definition) is 5. The standard InChI is InChI=1S/C45H87NO5/c1-4-7-10-13-16-19-22-23-24-27-30-33-36-41(51-45(50)38-35-32-29-26-21-18-15-12-9-6-3)39-44(49)46-42(40-47)43(48)37-34-31-28-25-20-17-14-11-8-5-2/h24,27,41-43,47-48H,4-23,25-26,28-40H2,1-3H3,(H,46,49)/b27-24-. The summed E-state index contributed by atoms with van der Waals surface area (Å²) < 4.78 is 5.87. The molecule has 3 atom stereocenters. The Kier molecular flexibility index (Phi) is 38.7. The van der Waals surface area contributed by atoms with Crippen molar-refractivity contribution in [3.05, 3.63) is 12.2 Å². The highest BCUT2D eigenvalue weighted by molar-refractivity contribution is 5.77. The smallest absolute Gasteiger partial charge is 0.306 e. The number of aliphatic hydroxyl groups excluding tert-OH is 2. The second-order valence-electron chi connectivity index (χ2n) is 15.5. The van der Waals surface area contributed by atoms with Gasteiger partial charge >= 0.3 is 5.97 Å². The van der Waals surface area contributed by atoms with E-state index in [2.05, 4.69) is 38.2 Å². The number of amides is 1. The Morgan fingerprint density at radius 1 is 0.549 bits per heavy atom. The Labute approximate surface area is 317 Å². The van der Waals surface area contributed by atoms with E-state index in [-0.39, 0.29) is 24.9 Å². The van der Waals surface area contributed by atoms with Crippen molar-refractivity contribution in [1.82, 2.24) is 5.32 Å². The van der Waals surface area contributed by atoms with Gasteiger partial charge in [0.15, 0.2) is 0 Å². The minimum Gasteiger partial charge on any atom is -0.462 e. The molecule has 0 radical (unpaired) electrons. The lowest BCUT2D eigenvalue weighted by Crippen LogP contribution is -2.46. The van der Waals surface area contributed by atoms with E-state index in [1.165, 1.54) is 135 Å². The summed E-state index contributed by atoms with van der Waals surface area (Å²) in [7, 11) is 0. The molecular weight excluding hydrogens is 634 g/mol. The third-order valence-corrected chi connectivity index (χ3v) is 10.3. The van der Waals surface area contributed by atoms with E-state index in [1.54, 1.807) is 0 Å². The highest BCUT2D eigenvalue weighted by Gasteiger charge is 2.24. The van der Waals surface area contributed by atoms with Crippen molar-refractivity contribution in [2.24, 2.45) is 0 Å². The van der Waals surface area contributed by atoms with Gasteiger partial charge in [0.1, 0.15) is 6.10 Å². The fourth-order valence-electron chi connectivity index (χ4n) is 6.90. The lowest BCUT2D eigenvalue weighted by atomic mass is 10.0. The van der Waals surface area contributed by atoms with E-state index in [1.807, 2.05) is 0 Å². The van der Waals surface area contributed by atoms with Crippen LogP contribution in [-0.2, 0) is 14.3 Å². The maximum absolute atomic E-state index is 13.1. The summed E-state index contributed by atoms with van der Waals surface area (Å²) in [6.45, 7) is 6.44. The second-order valence-corrected chi connectivity index (χ2v) is 15.5. The fraction of sp³-hybridized carbons (Fsp3) is 0.911. The van der Waals surface area contributed by atoms with Crippen LogP contribution in [0.4, 0.5) is 0 Å². The molecule has 0 aliphatic heterocycles. The largest absolute Gasteiger partial charge is 0.462 e. The van der Waals surface area contributed by atoms with E-state index in [4.69, 9.17) is 4.74 Å². The number of unbranched alkanes of at least 4 members (excludes halogenated alkanes) is 26. The SMILES string of the molecule is CCCCCCCCC/C=C\CCCC(CC(=O)NC(CO)C(O)CCCCCCCCCCCC)OC(=O)CCCCCCCCCCCC. The van der Waals surface area contributed by atoms with E-state index < -0.39 is 18.2 Å². The summed E-state index contributed by atoms with van der Waals surface area (Å²) in [6.07, 6.45) is 41.3. The molecule has 0 saturated heterocycles. The van der Waals surface area contributed by atoms with Crippen molar-refractivity contribution in [3.63, 3.8) is 0 Å². The molecule has 0 aromatic rings. The summed E-state index contributed by atoms with van der Waals surface area (Å²) >= 11 is 0. The molecule has 1 amide bonds. The summed E-state index contributed by atoms with van der Waals surface area (Å²) in [4.78, 5) is 25.9. The minimum absolute atomic E-state index is 0.0625. The number of esters is 1. The number of allylic oxidation sites excluding steroid dienone is 2. The third-order valence-electron chi connectivity index (χ3n) is 10.3. The van der Waals surface area contributed by atoms with Crippen LogP contribution in [0.25, 0.3) is 0 Å². The van der Waals surface area contributed by atoms with Crippen LogP contribution in [0, 0.1) is 0 Å². The van der Waals surface area contributed by atoms with Gasteiger partial charge in [-0.1, -0.05) is 193 Å². The van der Waals surface area contributed by atoms with Crippen LogP contribution in [0.2, 0.25) is 0 Å². The maximum atomic E-state index is 13.1. The van der Waals surface area contributed by atoms with Gasteiger partial charge in [0.2, 0.25) is 5.91 Å². The van der Waals surface area contributed by atoms with Gasteiger partial charge < -0.3 is 20.3 Å². The molecule has 6 heteroatoms. The Bertz CT molecular complexity index is 772. The zero-order chi connectivity index (χ0) is 37.5. The van der Waals surface area contributed by atoms with Gasteiger partial charge in [0, 0.05) is 6.42 Å². The molecule has 0 saturated carbocycles. The van der Waals surface area contributed by atoms with Crippen molar-refractivity contribution in [1.29, 1.82) is 0 Å². The van der Waals surface area contributed by atoms with Crippen molar-refractivity contribution >= 4 is 11.9 Å². The first-order chi connectivity index (χ1) is 25.0. The van der Waals surface area contributed by atoms with Gasteiger partial charge in [-0.15, -0.1) is 0 Å². The minimum atomic E-state index is -0.785. The van der Waals surface area contributed by atoms with Crippen LogP contribution in [0.1, 0.15) is 239 Å². The molecular formula is C45H87NO5. The molecule has 3 unspecified atom stereocenters. The van der Waals surface area contributed by atoms with Crippen molar-refractivity contribution in [2.45, 2.75) is 257 Å². The van der Waals surface area contributed by atoms with Crippen LogP contribution in [-0.4, -0.2) is 46.9 Å². The highest BCUT2D eigenvalue weighted by Crippen LogP contribution is 2.17. The van der Waals surface area contributed by atoms with Gasteiger partial charge in [-0.05, 0) is 44.9 Å². The molecule has 0 aromatic heterocycles. The van der Waals surface area contributed by atoms with Gasteiger partial charge in [0.05, 0.1) is 25.2 Å². The number of ether oxygens (including phenoxy) is 1. The third kappa shape index (κ3) is 35.4. The summed E-state index contributed by atoms with van der Waals surface area (Å²) in [5.74, 6) is -0.496.